The zero-order chi connectivity index (χ0) is 73.8. The minimum Gasteiger partial charge on any atom is -0.481 e. The second-order valence-corrected chi connectivity index (χ2v) is 33.4. The summed E-state index contributed by atoms with van der Waals surface area (Å²) in [5.74, 6) is -4.03. The molecule has 2 heterocycles. The third-order valence-electron chi connectivity index (χ3n) is 17.9. The number of carboxylic acid groups (broad SMARTS) is 1. The van der Waals surface area contributed by atoms with Crippen LogP contribution in [0, 0.1) is 31.1 Å². The first kappa shape index (κ1) is 83.5. The van der Waals surface area contributed by atoms with Crippen LogP contribution in [0.4, 0.5) is 11.4 Å². The minimum atomic E-state index is -3.43. The molecule has 0 aliphatic rings. The van der Waals surface area contributed by atoms with Gasteiger partial charge in [-0.15, -0.1) is 0 Å². The maximum atomic E-state index is 12.2. The van der Waals surface area contributed by atoms with Crippen LogP contribution in [0.25, 0.3) is 34.0 Å². The molecule has 0 aliphatic carbocycles. The van der Waals surface area contributed by atoms with Crippen LogP contribution in [-0.4, -0.2) is 54.4 Å². The van der Waals surface area contributed by atoms with Crippen molar-refractivity contribution in [1.82, 2.24) is 9.97 Å². The Kier molecular flexibility index (Phi) is 34.9. The van der Waals surface area contributed by atoms with Gasteiger partial charge in [0.25, 0.3) is 0 Å². The number of carboxylic acids is 1. The number of nitrogens with zero attached hydrogens (tertiary/aromatic N) is 2. The van der Waals surface area contributed by atoms with Crippen LogP contribution >= 0.6 is 17.2 Å². The van der Waals surface area contributed by atoms with Gasteiger partial charge in [-0.25, -0.2) is 0 Å². The van der Waals surface area contributed by atoms with Gasteiger partial charge in [-0.05, 0) is 88.9 Å². The number of pyridine rings is 2. The van der Waals surface area contributed by atoms with Crippen LogP contribution in [-0.2, 0) is 30.7 Å². The second kappa shape index (κ2) is 42.3. The SMILES string of the molecule is C=C(CP(Cl)(c1ccccc1)(c1ccccc1)c1ccccc1)OO.CCCCC(C)(C)c1ccc(/C=C/CC(=O)Nc2cnc3ccccc3c2)cc1.CCCCC(C)(C)c1ccc(/C=C/CC(=O)O)cc1.CCCCC(C)(C)c1ccc(C=O)cc1.Nc1cnc2ccccc2c1.[3H][B].[U]. The number of nitrogen functional groups attached to an aromatic ring is 1. The number of hydrogen-bond acceptors (Lipinski definition) is 8. The number of halogens is 1. The van der Waals surface area contributed by atoms with E-state index in [1.54, 1.807) is 18.5 Å². The van der Waals surface area contributed by atoms with E-state index in [2.05, 4.69) is 158 Å². The molecule has 101 heavy (non-hydrogen) atoms. The molecule has 0 fully saturated rings. The molecule has 10 rings (SSSR count). The molecule has 526 valence electrons. The van der Waals surface area contributed by atoms with Crippen LogP contribution in [0.15, 0.2) is 261 Å². The number of aldehydes is 1. The number of aromatic nitrogens is 2. The largest absolute Gasteiger partial charge is 0.481 e. The molecule has 0 unspecified atom stereocenters. The van der Waals surface area contributed by atoms with Crippen LogP contribution in [0.2, 0.25) is 0 Å². The number of nitrogens with two attached hydrogens (primary N) is 1. The van der Waals surface area contributed by atoms with Gasteiger partial charge in [0.1, 0.15) is 6.29 Å². The number of para-hydroxylation sites is 2. The number of carbonyl (C=O) groups excluding carboxylic acids is 2. The number of benzene rings is 8. The number of anilines is 2. The molecule has 0 saturated heterocycles. The average Bonchev–Trinajstić information content (AvgIpc) is 0.706. The van der Waals surface area contributed by atoms with Crippen LogP contribution in [0.3, 0.4) is 0 Å². The number of unbranched alkanes of at least 4 members (excludes halogenated alkanes) is 3. The number of carbonyl (C=O) groups is 3. The fraction of sp³-hybridized carbons (Fsp3) is 0.276. The molecular formula is C87H103BClN4O6PU. The Bertz CT molecular complexity index is 4100. The predicted molar refractivity (Wildman–Crippen MR) is 430 cm³/mol. The topological polar surface area (TPSA) is 165 Å². The predicted octanol–water partition coefficient (Wildman–Crippen LogP) is 21.2. The van der Waals surface area contributed by atoms with Crippen molar-refractivity contribution in [2.24, 2.45) is 0 Å². The van der Waals surface area contributed by atoms with E-state index >= 15 is 0 Å². The third kappa shape index (κ3) is 26.0. The maximum absolute atomic E-state index is 12.2. The summed E-state index contributed by atoms with van der Waals surface area (Å²) < 4.78 is 5.25. The molecule has 0 saturated carbocycles. The number of hydrogen-bond donors (Lipinski definition) is 4. The fourth-order valence-electron chi connectivity index (χ4n) is 11.7. The Morgan fingerprint density at radius 1 is 0.554 bits per heavy atom. The number of nitrogens with one attached hydrogen (secondary N) is 1. The number of rotatable bonds is 26. The van der Waals surface area contributed by atoms with E-state index in [0.29, 0.717) is 18.3 Å². The Morgan fingerprint density at radius 2 is 0.911 bits per heavy atom. The molecule has 14 heteroatoms. The van der Waals surface area contributed by atoms with Crippen molar-refractivity contribution in [2.75, 3.05) is 17.2 Å². The zero-order valence-electron chi connectivity index (χ0n) is 61.5. The third-order valence-corrected chi connectivity index (χ3v) is 25.1. The molecule has 10 aromatic rings. The first-order valence-corrected chi connectivity index (χ1v) is 37.8. The van der Waals surface area contributed by atoms with Crippen molar-refractivity contribution in [3.05, 3.63) is 295 Å². The van der Waals surface area contributed by atoms with Gasteiger partial charge in [-0.2, -0.15) is 0 Å². The zero-order valence-corrected chi connectivity index (χ0v) is 66.3. The van der Waals surface area contributed by atoms with Crippen molar-refractivity contribution < 1.29 is 60.7 Å². The molecule has 2 radical (unpaired) electrons. The number of allylic oxidation sites excluding steroid dienone is 1. The summed E-state index contributed by atoms with van der Waals surface area (Å²) in [6.07, 6.45) is 23.4. The van der Waals surface area contributed by atoms with Gasteiger partial charge < -0.3 is 16.2 Å². The minimum absolute atomic E-state index is 0. The first-order valence-electron chi connectivity index (χ1n) is 35.0. The van der Waals surface area contributed by atoms with Crippen molar-refractivity contribution in [2.45, 2.75) is 149 Å². The van der Waals surface area contributed by atoms with Crippen molar-refractivity contribution in [3.8, 4) is 0 Å². The van der Waals surface area contributed by atoms with Gasteiger partial charge in [-0.1, -0.05) is 234 Å². The van der Waals surface area contributed by atoms with Gasteiger partial charge in [0.2, 0.25) is 5.91 Å². The summed E-state index contributed by atoms with van der Waals surface area (Å²) in [5.41, 5.74) is 16.5. The summed E-state index contributed by atoms with van der Waals surface area (Å²) in [6, 6.07) is 74.7. The van der Waals surface area contributed by atoms with E-state index in [1.165, 1.54) is 74.5 Å². The van der Waals surface area contributed by atoms with Crippen molar-refractivity contribution in [1.29, 1.82) is 1.34 Å². The van der Waals surface area contributed by atoms with Gasteiger partial charge in [0.05, 0.1) is 41.2 Å². The first-order chi connectivity index (χ1) is 48.5. The van der Waals surface area contributed by atoms with Crippen molar-refractivity contribution in [3.63, 3.8) is 0 Å². The van der Waals surface area contributed by atoms with E-state index in [4.69, 9.17) is 23.4 Å². The van der Waals surface area contributed by atoms with E-state index in [1.807, 2.05) is 182 Å². The monoisotopic (exact) mass is 1620 g/mol. The quantitative estimate of drug-likeness (QED) is 0.0103. The molecule has 1 amide bonds. The van der Waals surface area contributed by atoms with E-state index in [0.717, 1.165) is 66.4 Å². The number of fused-ring (bicyclic) bond motifs is 2. The van der Waals surface area contributed by atoms with Gasteiger partial charge in [-0.3, -0.25) is 24.4 Å². The molecule has 10 nitrogen and oxygen atoms in total. The Morgan fingerprint density at radius 3 is 1.29 bits per heavy atom. The van der Waals surface area contributed by atoms with E-state index < -0.39 is 11.9 Å². The Labute approximate surface area is 633 Å². The molecular weight excluding hydrogens is 1510 g/mol. The molecule has 0 atom stereocenters. The maximum Gasteiger partial charge on any atom is 0.307 e. The molecule has 5 N–H and O–H groups in total. The standard InChI is InChI=1S/C26H30N2O.C21H20ClO2P.C17H24O2.C14H20O.C9H8N2.BH.U/c1-4-5-17-26(2,3)22-15-13-20(14-16-22)9-8-12-25(29)28-23-18-21-10-6-7-11-24(21)27-19-23;1-18(24-23)17-25(22,19-11-5-2-6-12-19,20-13-7-3-8-14-20)21-15-9-4-10-16-21;1-4-5-13-17(2,3)15-11-9-14(10-12-15)7-6-8-16(18)19;1-4-5-10-14(2,3)13-8-6-12(11-15)7-9-13;10-8-5-7-3-1-2-4-9(7)11-6-8;;/h6-11,13-16,18-19H,4-5,12,17H2,1-3H3,(H,28,29);2-16,23H,1,17H2;6-7,9-12H,4-5,8,13H2,1-3H3,(H,18,19);6-9,11H,4-5,10H2,1-3H3;1-6H,10H2;1H;/b9-8+;;7-6+;;;;/i;;;;;1T;. The van der Waals surface area contributed by atoms with Gasteiger partial charge in [0, 0.05) is 62.2 Å². The van der Waals surface area contributed by atoms with E-state index in [9.17, 15) is 19.6 Å². The van der Waals surface area contributed by atoms with Gasteiger partial charge in [0.15, 0.2) is 0 Å². The summed E-state index contributed by atoms with van der Waals surface area (Å²) >= 11 is 7.73. The smallest absolute Gasteiger partial charge is 0.307 e. The van der Waals surface area contributed by atoms with E-state index in [-0.39, 0.29) is 65.4 Å². The normalized spacial score (nSPS) is 11.7. The van der Waals surface area contributed by atoms with Crippen molar-refractivity contribution >= 4 is 105 Å². The van der Waals surface area contributed by atoms with Gasteiger partial charge >= 0.3 is 159 Å². The molecule has 0 bridgehead atoms. The Hall–Kier alpha value is -8.19. The summed E-state index contributed by atoms with van der Waals surface area (Å²) in [4.78, 5) is 46.2. The second-order valence-electron chi connectivity index (χ2n) is 27.0. The molecule has 8 aromatic carbocycles. The molecule has 0 spiro atoms. The average molecular weight is 1620 g/mol. The Balaban J connectivity index is 0.000000277. The summed E-state index contributed by atoms with van der Waals surface area (Å²) in [5, 5.41) is 25.8. The molecule has 0 aliphatic heterocycles. The summed E-state index contributed by atoms with van der Waals surface area (Å²) in [7, 11) is 3.75. The fourth-order valence-corrected chi connectivity index (χ4v) is 17.7. The van der Waals surface area contributed by atoms with Crippen LogP contribution < -0.4 is 27.0 Å². The number of aliphatic carboxylic acids is 1. The number of amides is 1. The van der Waals surface area contributed by atoms with Crippen LogP contribution in [0.1, 0.15) is 171 Å². The molecule has 2 aromatic heterocycles. The summed E-state index contributed by atoms with van der Waals surface area (Å²) in [6.45, 7) is 24.2. The van der Waals surface area contributed by atoms with Crippen LogP contribution in [0.5, 0.6) is 0 Å².